The van der Waals surface area contributed by atoms with Gasteiger partial charge in [0, 0.05) is 32.2 Å². The van der Waals surface area contributed by atoms with Crippen molar-refractivity contribution < 1.29 is 21.6 Å². The van der Waals surface area contributed by atoms with Crippen LogP contribution in [0.25, 0.3) is 0 Å². The molecule has 1 aliphatic heterocycles. The molecule has 0 saturated carbocycles. The molecule has 1 aromatic heterocycles. The van der Waals surface area contributed by atoms with Gasteiger partial charge in [-0.1, -0.05) is 0 Å². The van der Waals surface area contributed by atoms with E-state index in [2.05, 4.69) is 4.90 Å². The average Bonchev–Trinajstić information content (AvgIpc) is 3.00. The molecule has 1 fully saturated rings. The van der Waals surface area contributed by atoms with Crippen LogP contribution in [0, 0.1) is 11.6 Å². The Morgan fingerprint density at radius 1 is 1.09 bits per heavy atom. The zero-order chi connectivity index (χ0) is 16.4. The first-order valence-electron chi connectivity index (χ1n) is 7.17. The Bertz CT molecular complexity index is 770. The van der Waals surface area contributed by atoms with Gasteiger partial charge in [0.05, 0.1) is 12.8 Å². The van der Waals surface area contributed by atoms with Crippen molar-refractivity contribution in [2.24, 2.45) is 0 Å². The lowest BCUT2D eigenvalue weighted by Crippen LogP contribution is -2.48. The molecule has 2 aromatic rings. The quantitative estimate of drug-likeness (QED) is 0.854. The molecule has 0 aliphatic carbocycles. The molecular formula is C15H16F2N2O3S. The zero-order valence-electron chi connectivity index (χ0n) is 12.3. The topological polar surface area (TPSA) is 53.8 Å². The van der Waals surface area contributed by atoms with E-state index >= 15 is 0 Å². The Kier molecular flexibility index (Phi) is 4.47. The van der Waals surface area contributed by atoms with Gasteiger partial charge < -0.3 is 4.42 Å². The molecule has 1 aliphatic rings. The summed E-state index contributed by atoms with van der Waals surface area (Å²) in [6.07, 6.45) is 1.59. The number of furan rings is 1. The summed E-state index contributed by atoms with van der Waals surface area (Å²) in [7, 11) is -3.95. The van der Waals surface area contributed by atoms with E-state index in [0.29, 0.717) is 25.7 Å². The molecule has 8 heteroatoms. The fourth-order valence-corrected chi connectivity index (χ4v) is 4.04. The standard InChI is InChI=1S/C15H16F2N2O3S/c16-12-3-4-15(14(17)10-12)23(20,21)19-7-5-18(6-8-19)11-13-2-1-9-22-13/h1-4,9-10H,5-8,11H2. The normalized spacial score (nSPS) is 17.5. The van der Waals surface area contributed by atoms with Crippen molar-refractivity contribution >= 4 is 10.0 Å². The van der Waals surface area contributed by atoms with E-state index in [1.54, 1.807) is 12.3 Å². The van der Waals surface area contributed by atoms with Gasteiger partial charge in [-0.15, -0.1) is 0 Å². The Hall–Kier alpha value is -1.77. The third kappa shape index (κ3) is 3.44. The largest absolute Gasteiger partial charge is 0.468 e. The van der Waals surface area contributed by atoms with Crippen LogP contribution in [0.5, 0.6) is 0 Å². The van der Waals surface area contributed by atoms with Crippen LogP contribution in [-0.4, -0.2) is 43.8 Å². The number of piperazine rings is 1. The van der Waals surface area contributed by atoms with Gasteiger partial charge in [-0.05, 0) is 24.3 Å². The van der Waals surface area contributed by atoms with Crippen LogP contribution in [0.2, 0.25) is 0 Å². The van der Waals surface area contributed by atoms with Gasteiger partial charge in [-0.3, -0.25) is 4.90 Å². The van der Waals surface area contributed by atoms with Crippen LogP contribution in [0.3, 0.4) is 0 Å². The predicted molar refractivity (Wildman–Crippen MR) is 79.1 cm³/mol. The lowest BCUT2D eigenvalue weighted by Gasteiger charge is -2.33. The minimum absolute atomic E-state index is 0.250. The first-order valence-corrected chi connectivity index (χ1v) is 8.61. The van der Waals surface area contributed by atoms with Crippen LogP contribution < -0.4 is 0 Å². The highest BCUT2D eigenvalue weighted by atomic mass is 32.2. The van der Waals surface area contributed by atoms with Gasteiger partial charge in [0.1, 0.15) is 22.3 Å². The van der Waals surface area contributed by atoms with E-state index in [9.17, 15) is 17.2 Å². The highest BCUT2D eigenvalue weighted by molar-refractivity contribution is 7.89. The van der Waals surface area contributed by atoms with Gasteiger partial charge in [0.2, 0.25) is 10.0 Å². The number of sulfonamides is 1. The number of hydrogen-bond donors (Lipinski definition) is 0. The number of hydrogen-bond acceptors (Lipinski definition) is 4. The lowest BCUT2D eigenvalue weighted by atomic mass is 10.3. The molecular weight excluding hydrogens is 326 g/mol. The number of halogens is 2. The van der Waals surface area contributed by atoms with Crippen molar-refractivity contribution in [1.29, 1.82) is 0 Å². The summed E-state index contributed by atoms with van der Waals surface area (Å²) < 4.78 is 58.1. The Balaban J connectivity index is 1.68. The van der Waals surface area contributed by atoms with Crippen LogP contribution in [-0.2, 0) is 16.6 Å². The molecule has 0 radical (unpaired) electrons. The average molecular weight is 342 g/mol. The summed E-state index contributed by atoms with van der Waals surface area (Å²) in [5.41, 5.74) is 0. The van der Waals surface area contributed by atoms with Crippen molar-refractivity contribution in [3.8, 4) is 0 Å². The maximum absolute atomic E-state index is 13.8. The third-order valence-electron chi connectivity index (χ3n) is 3.80. The van der Waals surface area contributed by atoms with Crippen molar-refractivity contribution in [2.75, 3.05) is 26.2 Å². The van der Waals surface area contributed by atoms with Gasteiger partial charge >= 0.3 is 0 Å². The molecule has 124 valence electrons. The molecule has 0 atom stereocenters. The summed E-state index contributed by atoms with van der Waals surface area (Å²) in [4.78, 5) is 1.57. The highest BCUT2D eigenvalue weighted by Gasteiger charge is 2.30. The maximum Gasteiger partial charge on any atom is 0.246 e. The van der Waals surface area contributed by atoms with Crippen molar-refractivity contribution in [3.05, 3.63) is 54.0 Å². The molecule has 1 aromatic carbocycles. The lowest BCUT2D eigenvalue weighted by molar-refractivity contribution is 0.170. The second kappa shape index (κ2) is 6.38. The fourth-order valence-electron chi connectivity index (χ4n) is 2.57. The monoisotopic (exact) mass is 342 g/mol. The molecule has 1 saturated heterocycles. The molecule has 0 bridgehead atoms. The van der Waals surface area contributed by atoms with Crippen molar-refractivity contribution in [2.45, 2.75) is 11.4 Å². The smallest absolute Gasteiger partial charge is 0.246 e. The first-order chi connectivity index (χ1) is 11.0. The fraction of sp³-hybridized carbons (Fsp3) is 0.333. The maximum atomic E-state index is 13.8. The molecule has 0 N–H and O–H groups in total. The van der Waals surface area contributed by atoms with Crippen LogP contribution in [0.4, 0.5) is 8.78 Å². The van der Waals surface area contributed by atoms with Gasteiger partial charge in [0.25, 0.3) is 0 Å². The van der Waals surface area contributed by atoms with E-state index in [1.807, 2.05) is 6.07 Å². The number of nitrogens with zero attached hydrogens (tertiary/aromatic N) is 2. The predicted octanol–water partition coefficient (Wildman–Crippen LogP) is 2.06. The SMILES string of the molecule is O=S(=O)(c1ccc(F)cc1F)N1CCN(Cc2ccco2)CC1. The Labute approximate surface area is 133 Å². The Morgan fingerprint density at radius 3 is 2.43 bits per heavy atom. The first kappa shape index (κ1) is 16.1. The minimum atomic E-state index is -3.95. The molecule has 5 nitrogen and oxygen atoms in total. The Morgan fingerprint density at radius 2 is 1.83 bits per heavy atom. The van der Waals surface area contributed by atoms with E-state index in [4.69, 9.17) is 4.42 Å². The summed E-state index contributed by atoms with van der Waals surface area (Å²) >= 11 is 0. The van der Waals surface area contributed by atoms with Crippen LogP contribution in [0.1, 0.15) is 5.76 Å². The molecule has 0 amide bonds. The molecule has 0 spiro atoms. The van der Waals surface area contributed by atoms with E-state index in [-0.39, 0.29) is 13.1 Å². The van der Waals surface area contributed by atoms with Crippen molar-refractivity contribution in [3.63, 3.8) is 0 Å². The summed E-state index contributed by atoms with van der Waals surface area (Å²) in [6, 6.07) is 6.16. The second-order valence-corrected chi connectivity index (χ2v) is 7.24. The zero-order valence-corrected chi connectivity index (χ0v) is 13.1. The van der Waals surface area contributed by atoms with E-state index in [1.165, 1.54) is 4.31 Å². The van der Waals surface area contributed by atoms with E-state index in [0.717, 1.165) is 17.9 Å². The molecule has 0 unspecified atom stereocenters. The van der Waals surface area contributed by atoms with Gasteiger partial charge in [-0.25, -0.2) is 17.2 Å². The number of benzene rings is 1. The number of rotatable bonds is 4. The molecule has 2 heterocycles. The van der Waals surface area contributed by atoms with Crippen LogP contribution in [0.15, 0.2) is 45.9 Å². The van der Waals surface area contributed by atoms with E-state index < -0.39 is 26.6 Å². The molecule has 23 heavy (non-hydrogen) atoms. The van der Waals surface area contributed by atoms with Crippen LogP contribution >= 0.6 is 0 Å². The minimum Gasteiger partial charge on any atom is -0.468 e. The third-order valence-corrected chi connectivity index (χ3v) is 5.73. The highest BCUT2D eigenvalue weighted by Crippen LogP contribution is 2.21. The van der Waals surface area contributed by atoms with Gasteiger partial charge in [0.15, 0.2) is 0 Å². The van der Waals surface area contributed by atoms with Gasteiger partial charge in [-0.2, -0.15) is 4.31 Å². The summed E-state index contributed by atoms with van der Waals surface area (Å²) in [6.45, 7) is 2.14. The summed E-state index contributed by atoms with van der Waals surface area (Å²) in [5.74, 6) is -1.06. The van der Waals surface area contributed by atoms with Crippen molar-refractivity contribution in [1.82, 2.24) is 9.21 Å². The second-order valence-electron chi connectivity index (χ2n) is 5.33. The summed E-state index contributed by atoms with van der Waals surface area (Å²) in [5, 5.41) is 0. The molecule has 3 rings (SSSR count).